The van der Waals surface area contributed by atoms with E-state index in [1.165, 1.54) is 11.1 Å². The largest absolute Gasteiger partial charge is 0.496 e. The lowest BCUT2D eigenvalue weighted by Crippen LogP contribution is -2.25. The monoisotopic (exact) mass is 353 g/mol. The molecule has 1 N–H and O–H groups in total. The normalized spacial score (nSPS) is 21.1. The van der Waals surface area contributed by atoms with Gasteiger partial charge in [0.05, 0.1) is 7.11 Å². The number of ether oxygens (including phenoxy) is 1. The number of rotatable bonds is 5. The first-order valence-electron chi connectivity index (χ1n) is 7.75. The van der Waals surface area contributed by atoms with Crippen LogP contribution < -0.4 is 10.1 Å². The molecule has 0 amide bonds. The van der Waals surface area contributed by atoms with Crippen LogP contribution in [0.4, 0.5) is 0 Å². The Labute approximate surface area is 137 Å². The standard InChI is InChI=1S/C18H28BrNO/c1-8-20-15(16-17(3,4)18(16,5)6)12-10-13(19)11(2)9-14(12)21-7/h9-10,15-16,20H,8H2,1-7H3. The predicted octanol–water partition coefficient (Wildman–Crippen LogP) is 5.10. The fourth-order valence-corrected chi connectivity index (χ4v) is 4.16. The molecular formula is C18H28BrNO. The summed E-state index contributed by atoms with van der Waals surface area (Å²) in [6, 6.07) is 4.69. The number of benzene rings is 1. The molecule has 3 heteroatoms. The van der Waals surface area contributed by atoms with Gasteiger partial charge in [-0.25, -0.2) is 0 Å². The molecule has 0 aliphatic heterocycles. The number of aryl methyl sites for hydroxylation is 1. The number of hydrogen-bond acceptors (Lipinski definition) is 2. The van der Waals surface area contributed by atoms with Crippen molar-refractivity contribution < 1.29 is 4.74 Å². The Kier molecular flexibility index (Phi) is 4.47. The second-order valence-corrected chi connectivity index (χ2v) is 8.15. The summed E-state index contributed by atoms with van der Waals surface area (Å²) < 4.78 is 6.81. The molecule has 0 aromatic heterocycles. The molecule has 1 aliphatic rings. The first kappa shape index (κ1) is 16.8. The molecule has 0 radical (unpaired) electrons. The van der Waals surface area contributed by atoms with Gasteiger partial charge in [-0.15, -0.1) is 0 Å². The highest BCUT2D eigenvalue weighted by Gasteiger charge is 2.67. The van der Waals surface area contributed by atoms with E-state index in [0.29, 0.717) is 22.8 Å². The van der Waals surface area contributed by atoms with Gasteiger partial charge in [-0.2, -0.15) is 0 Å². The predicted molar refractivity (Wildman–Crippen MR) is 92.9 cm³/mol. The molecule has 0 saturated heterocycles. The summed E-state index contributed by atoms with van der Waals surface area (Å²) in [6.07, 6.45) is 0. The summed E-state index contributed by atoms with van der Waals surface area (Å²) in [6.45, 7) is 14.7. The molecule has 1 aromatic rings. The van der Waals surface area contributed by atoms with Gasteiger partial charge in [-0.3, -0.25) is 0 Å². The van der Waals surface area contributed by atoms with Crippen molar-refractivity contribution in [3.8, 4) is 5.75 Å². The minimum atomic E-state index is 0.326. The summed E-state index contributed by atoms with van der Waals surface area (Å²) >= 11 is 3.67. The van der Waals surface area contributed by atoms with Crippen LogP contribution in [0.5, 0.6) is 5.75 Å². The third kappa shape index (κ3) is 2.63. The van der Waals surface area contributed by atoms with E-state index < -0.39 is 0 Å². The second kappa shape index (κ2) is 5.58. The van der Waals surface area contributed by atoms with Gasteiger partial charge < -0.3 is 10.1 Å². The highest BCUT2D eigenvalue weighted by Crippen LogP contribution is 2.72. The Hall–Kier alpha value is -0.540. The van der Waals surface area contributed by atoms with Crippen molar-refractivity contribution in [1.29, 1.82) is 0 Å². The summed E-state index contributed by atoms with van der Waals surface area (Å²) in [5.41, 5.74) is 3.14. The number of nitrogens with one attached hydrogen (secondary N) is 1. The van der Waals surface area contributed by atoms with E-state index in [0.717, 1.165) is 16.8 Å². The maximum absolute atomic E-state index is 5.66. The molecule has 118 valence electrons. The Bertz CT molecular complexity index is 522. The maximum Gasteiger partial charge on any atom is 0.123 e. The Morgan fingerprint density at radius 3 is 2.24 bits per heavy atom. The van der Waals surface area contributed by atoms with Crippen LogP contribution in [-0.4, -0.2) is 13.7 Å². The van der Waals surface area contributed by atoms with Crippen LogP contribution in [0.2, 0.25) is 0 Å². The number of methoxy groups -OCH3 is 1. The van der Waals surface area contributed by atoms with Crippen molar-refractivity contribution in [2.75, 3.05) is 13.7 Å². The minimum Gasteiger partial charge on any atom is -0.496 e. The van der Waals surface area contributed by atoms with Crippen LogP contribution in [-0.2, 0) is 0 Å². The average Bonchev–Trinajstić information content (AvgIpc) is 2.80. The van der Waals surface area contributed by atoms with Gasteiger partial charge in [-0.1, -0.05) is 50.5 Å². The molecular weight excluding hydrogens is 326 g/mol. The van der Waals surface area contributed by atoms with Gasteiger partial charge in [0.1, 0.15) is 5.75 Å². The average molecular weight is 354 g/mol. The maximum atomic E-state index is 5.66. The third-order valence-corrected chi connectivity index (χ3v) is 6.59. The summed E-state index contributed by atoms with van der Waals surface area (Å²) in [4.78, 5) is 0. The van der Waals surface area contributed by atoms with Crippen LogP contribution >= 0.6 is 15.9 Å². The number of hydrogen-bond donors (Lipinski definition) is 1. The zero-order valence-electron chi connectivity index (χ0n) is 14.3. The van der Waals surface area contributed by atoms with Crippen molar-refractivity contribution in [3.05, 3.63) is 27.7 Å². The molecule has 0 heterocycles. The van der Waals surface area contributed by atoms with Crippen molar-refractivity contribution in [1.82, 2.24) is 5.32 Å². The van der Waals surface area contributed by atoms with Crippen LogP contribution in [0.1, 0.15) is 51.8 Å². The molecule has 21 heavy (non-hydrogen) atoms. The minimum absolute atomic E-state index is 0.326. The third-order valence-electron chi connectivity index (χ3n) is 5.74. The fraction of sp³-hybridized carbons (Fsp3) is 0.667. The van der Waals surface area contributed by atoms with E-state index in [2.05, 4.69) is 74.9 Å². The zero-order chi connectivity index (χ0) is 16.0. The smallest absolute Gasteiger partial charge is 0.123 e. The molecule has 1 fully saturated rings. The Balaban J connectivity index is 2.48. The zero-order valence-corrected chi connectivity index (χ0v) is 15.9. The van der Waals surface area contributed by atoms with Gasteiger partial charge in [0.2, 0.25) is 0 Å². The summed E-state index contributed by atoms with van der Waals surface area (Å²) in [5, 5.41) is 3.69. The van der Waals surface area contributed by atoms with Gasteiger partial charge >= 0.3 is 0 Å². The summed E-state index contributed by atoms with van der Waals surface area (Å²) in [7, 11) is 1.76. The van der Waals surface area contributed by atoms with E-state index in [9.17, 15) is 0 Å². The van der Waals surface area contributed by atoms with Crippen LogP contribution in [0.3, 0.4) is 0 Å². The molecule has 2 rings (SSSR count). The molecule has 1 aromatic carbocycles. The van der Waals surface area contributed by atoms with E-state index in [1.54, 1.807) is 7.11 Å². The topological polar surface area (TPSA) is 21.3 Å². The number of halogens is 1. The van der Waals surface area contributed by atoms with Crippen LogP contribution in [0, 0.1) is 23.7 Å². The highest BCUT2D eigenvalue weighted by atomic mass is 79.9. The SMILES string of the molecule is CCNC(c1cc(Br)c(C)cc1OC)C1C(C)(C)C1(C)C. The van der Waals surface area contributed by atoms with E-state index >= 15 is 0 Å². The van der Waals surface area contributed by atoms with Gasteiger partial charge in [0.25, 0.3) is 0 Å². The molecule has 2 nitrogen and oxygen atoms in total. The lowest BCUT2D eigenvalue weighted by atomic mass is 9.94. The van der Waals surface area contributed by atoms with E-state index in [1.807, 2.05) is 0 Å². The molecule has 1 aliphatic carbocycles. The quantitative estimate of drug-likeness (QED) is 0.794. The van der Waals surface area contributed by atoms with E-state index in [4.69, 9.17) is 4.74 Å². The van der Waals surface area contributed by atoms with Crippen molar-refractivity contribution >= 4 is 15.9 Å². The van der Waals surface area contributed by atoms with Crippen molar-refractivity contribution in [2.24, 2.45) is 16.7 Å². The van der Waals surface area contributed by atoms with Gasteiger partial charge in [0, 0.05) is 16.1 Å². The summed E-state index contributed by atoms with van der Waals surface area (Å²) in [5.74, 6) is 1.59. The Morgan fingerprint density at radius 2 is 1.81 bits per heavy atom. The Morgan fingerprint density at radius 1 is 1.24 bits per heavy atom. The first-order chi connectivity index (χ1) is 9.68. The highest BCUT2D eigenvalue weighted by molar-refractivity contribution is 9.10. The molecule has 0 bridgehead atoms. The fourth-order valence-electron chi connectivity index (χ4n) is 3.80. The lowest BCUT2D eigenvalue weighted by molar-refractivity contribution is 0.373. The molecule has 1 saturated carbocycles. The van der Waals surface area contributed by atoms with Crippen LogP contribution in [0.25, 0.3) is 0 Å². The second-order valence-electron chi connectivity index (χ2n) is 7.30. The lowest BCUT2D eigenvalue weighted by Gasteiger charge is -2.24. The molecule has 1 atom stereocenters. The first-order valence-corrected chi connectivity index (χ1v) is 8.55. The van der Waals surface area contributed by atoms with Gasteiger partial charge in [-0.05, 0) is 47.9 Å². The van der Waals surface area contributed by atoms with Crippen molar-refractivity contribution in [2.45, 2.75) is 47.6 Å². The van der Waals surface area contributed by atoms with Gasteiger partial charge in [0.15, 0.2) is 0 Å². The molecule has 0 spiro atoms. The molecule has 1 unspecified atom stereocenters. The van der Waals surface area contributed by atoms with Crippen molar-refractivity contribution in [3.63, 3.8) is 0 Å². The van der Waals surface area contributed by atoms with Crippen LogP contribution in [0.15, 0.2) is 16.6 Å². The van der Waals surface area contributed by atoms with E-state index in [-0.39, 0.29) is 0 Å².